The second-order valence-electron chi connectivity index (χ2n) is 7.15. The Morgan fingerprint density at radius 1 is 1.14 bits per heavy atom. The summed E-state index contributed by atoms with van der Waals surface area (Å²) in [4.78, 5) is 28.6. The molecule has 2 aromatic carbocycles. The first kappa shape index (κ1) is 19.5. The molecule has 0 saturated carbocycles. The lowest BCUT2D eigenvalue weighted by atomic mass is 10.1. The van der Waals surface area contributed by atoms with Crippen LogP contribution >= 0.6 is 11.8 Å². The van der Waals surface area contributed by atoms with Crippen molar-refractivity contribution in [2.24, 2.45) is 5.10 Å². The SMILES string of the molecule is CCN(CC)C(=O)CN1C(=O)C2(NN=C(c3ccc(C)cc3)S2)c2ccccc21. The zero-order valence-electron chi connectivity index (χ0n) is 16.8. The van der Waals surface area contributed by atoms with E-state index in [4.69, 9.17) is 0 Å². The van der Waals surface area contributed by atoms with Gasteiger partial charge in [0.25, 0.3) is 5.91 Å². The molecule has 6 nitrogen and oxygen atoms in total. The normalized spacial score (nSPS) is 19.9. The maximum absolute atomic E-state index is 13.6. The van der Waals surface area contributed by atoms with Gasteiger partial charge in [-0.05, 0) is 26.8 Å². The minimum Gasteiger partial charge on any atom is -0.342 e. The second-order valence-corrected chi connectivity index (χ2v) is 8.36. The van der Waals surface area contributed by atoms with Crippen LogP contribution in [0.15, 0.2) is 53.6 Å². The van der Waals surface area contributed by atoms with Crippen molar-refractivity contribution in [3.8, 4) is 0 Å². The van der Waals surface area contributed by atoms with Crippen LogP contribution in [-0.4, -0.2) is 41.4 Å². The summed E-state index contributed by atoms with van der Waals surface area (Å²) >= 11 is 1.40. The quantitative estimate of drug-likeness (QED) is 0.826. The van der Waals surface area contributed by atoms with Gasteiger partial charge in [-0.25, -0.2) is 0 Å². The molecule has 2 aromatic rings. The summed E-state index contributed by atoms with van der Waals surface area (Å²) in [6.07, 6.45) is 0. The van der Waals surface area contributed by atoms with Gasteiger partial charge < -0.3 is 4.90 Å². The number of anilines is 1. The fourth-order valence-electron chi connectivity index (χ4n) is 3.74. The van der Waals surface area contributed by atoms with Gasteiger partial charge in [0, 0.05) is 24.2 Å². The highest BCUT2D eigenvalue weighted by molar-refractivity contribution is 8.16. The maximum Gasteiger partial charge on any atom is 0.270 e. The van der Waals surface area contributed by atoms with Gasteiger partial charge >= 0.3 is 0 Å². The molecule has 1 N–H and O–H groups in total. The number of thioether (sulfide) groups is 1. The van der Waals surface area contributed by atoms with E-state index >= 15 is 0 Å². The number of benzene rings is 2. The number of rotatable bonds is 5. The number of carbonyl (C=O) groups is 2. The Morgan fingerprint density at radius 2 is 1.83 bits per heavy atom. The number of likely N-dealkylation sites (N-methyl/N-ethyl adjacent to an activating group) is 1. The summed E-state index contributed by atoms with van der Waals surface area (Å²) in [7, 11) is 0. The molecular formula is C22H24N4O2S. The summed E-state index contributed by atoms with van der Waals surface area (Å²) in [6.45, 7) is 7.20. The number of fused-ring (bicyclic) bond motifs is 2. The minimum absolute atomic E-state index is 0.0291. The zero-order chi connectivity index (χ0) is 20.6. The molecule has 0 aromatic heterocycles. The van der Waals surface area contributed by atoms with Crippen molar-refractivity contribution in [2.75, 3.05) is 24.5 Å². The molecule has 29 heavy (non-hydrogen) atoms. The molecule has 2 aliphatic rings. The monoisotopic (exact) mass is 408 g/mol. The van der Waals surface area contributed by atoms with E-state index in [1.54, 1.807) is 9.80 Å². The average Bonchev–Trinajstić information content (AvgIpc) is 3.27. The zero-order valence-corrected chi connectivity index (χ0v) is 17.6. The Morgan fingerprint density at radius 3 is 2.52 bits per heavy atom. The molecule has 7 heteroatoms. The van der Waals surface area contributed by atoms with Crippen LogP contribution in [0.1, 0.15) is 30.5 Å². The Balaban J connectivity index is 1.65. The van der Waals surface area contributed by atoms with Crippen molar-refractivity contribution >= 4 is 34.3 Å². The molecular weight excluding hydrogens is 384 g/mol. The van der Waals surface area contributed by atoms with Crippen molar-refractivity contribution < 1.29 is 9.59 Å². The van der Waals surface area contributed by atoms with E-state index in [0.29, 0.717) is 13.1 Å². The summed E-state index contributed by atoms with van der Waals surface area (Å²) in [6, 6.07) is 15.7. The van der Waals surface area contributed by atoms with Gasteiger partial charge in [-0.1, -0.05) is 59.8 Å². The number of hydrazone groups is 1. The highest BCUT2D eigenvalue weighted by Gasteiger charge is 2.55. The van der Waals surface area contributed by atoms with Crippen molar-refractivity contribution in [3.05, 3.63) is 65.2 Å². The van der Waals surface area contributed by atoms with Crippen LogP contribution in [0.3, 0.4) is 0 Å². The lowest BCUT2D eigenvalue weighted by molar-refractivity contribution is -0.131. The third-order valence-corrected chi connectivity index (χ3v) is 6.71. The van der Waals surface area contributed by atoms with E-state index in [1.807, 2.05) is 69.3 Å². The molecule has 2 amide bonds. The molecule has 2 heterocycles. The van der Waals surface area contributed by atoms with Gasteiger partial charge in [0.2, 0.25) is 10.8 Å². The molecule has 0 aliphatic carbocycles. The first-order chi connectivity index (χ1) is 14.0. The largest absolute Gasteiger partial charge is 0.342 e. The minimum atomic E-state index is -1.03. The van der Waals surface area contributed by atoms with Gasteiger partial charge in [-0.3, -0.25) is 19.9 Å². The first-order valence-corrected chi connectivity index (χ1v) is 10.6. The molecule has 0 fully saturated rings. The number of para-hydroxylation sites is 1. The Bertz CT molecular complexity index is 985. The van der Waals surface area contributed by atoms with Crippen LogP contribution in [-0.2, 0) is 14.5 Å². The summed E-state index contributed by atoms with van der Waals surface area (Å²) in [5, 5.41) is 5.26. The molecule has 0 saturated heterocycles. The highest BCUT2D eigenvalue weighted by atomic mass is 32.2. The summed E-state index contributed by atoms with van der Waals surface area (Å²) in [5.74, 6) is -0.215. The molecule has 0 radical (unpaired) electrons. The van der Waals surface area contributed by atoms with Crippen molar-refractivity contribution in [3.63, 3.8) is 0 Å². The van der Waals surface area contributed by atoms with Gasteiger partial charge in [-0.15, -0.1) is 0 Å². The van der Waals surface area contributed by atoms with E-state index in [2.05, 4.69) is 10.5 Å². The first-order valence-electron chi connectivity index (χ1n) is 9.80. The van der Waals surface area contributed by atoms with Crippen molar-refractivity contribution in [1.82, 2.24) is 10.3 Å². The Labute approximate surface area is 175 Å². The lowest BCUT2D eigenvalue weighted by Crippen LogP contribution is -2.48. The van der Waals surface area contributed by atoms with Crippen LogP contribution in [0.4, 0.5) is 5.69 Å². The lowest BCUT2D eigenvalue weighted by Gasteiger charge is -2.25. The van der Waals surface area contributed by atoms with E-state index in [9.17, 15) is 9.59 Å². The third kappa shape index (κ3) is 3.19. The van der Waals surface area contributed by atoms with Crippen LogP contribution in [0.5, 0.6) is 0 Å². The van der Waals surface area contributed by atoms with Crippen LogP contribution in [0.25, 0.3) is 0 Å². The fraction of sp³-hybridized carbons (Fsp3) is 0.318. The average molecular weight is 409 g/mol. The van der Waals surface area contributed by atoms with E-state index in [0.717, 1.165) is 21.9 Å². The molecule has 1 atom stereocenters. The Hall–Kier alpha value is -2.80. The van der Waals surface area contributed by atoms with Crippen LogP contribution in [0, 0.1) is 6.92 Å². The van der Waals surface area contributed by atoms with Crippen LogP contribution in [0.2, 0.25) is 0 Å². The molecule has 1 unspecified atom stereocenters. The van der Waals surface area contributed by atoms with E-state index in [1.165, 1.54) is 17.3 Å². The second kappa shape index (κ2) is 7.55. The number of carbonyl (C=O) groups excluding carboxylic acids is 2. The van der Waals surface area contributed by atoms with Crippen molar-refractivity contribution in [2.45, 2.75) is 25.6 Å². The van der Waals surface area contributed by atoms with Gasteiger partial charge in [0.05, 0.1) is 5.69 Å². The number of amides is 2. The van der Waals surface area contributed by atoms with Crippen molar-refractivity contribution in [1.29, 1.82) is 0 Å². The van der Waals surface area contributed by atoms with Crippen LogP contribution < -0.4 is 10.3 Å². The Kier molecular flexibility index (Phi) is 5.08. The summed E-state index contributed by atoms with van der Waals surface area (Å²) < 4.78 is 0. The molecule has 150 valence electrons. The maximum atomic E-state index is 13.6. The predicted molar refractivity (Wildman–Crippen MR) is 117 cm³/mol. The van der Waals surface area contributed by atoms with E-state index < -0.39 is 4.87 Å². The van der Waals surface area contributed by atoms with E-state index in [-0.39, 0.29) is 18.4 Å². The topological polar surface area (TPSA) is 65.0 Å². The predicted octanol–water partition coefficient (Wildman–Crippen LogP) is 3.06. The van der Waals surface area contributed by atoms with Gasteiger partial charge in [0.15, 0.2) is 0 Å². The molecule has 1 spiro atoms. The number of hydrogen-bond donors (Lipinski definition) is 1. The molecule has 4 rings (SSSR count). The fourth-order valence-corrected chi connectivity index (χ4v) is 4.94. The number of nitrogens with one attached hydrogen (secondary N) is 1. The standard InChI is InChI=1S/C22H24N4O2S/c1-4-25(5-2)19(27)14-26-18-9-7-6-8-17(18)22(21(26)28)24-23-20(29-22)16-12-10-15(3)11-13-16/h6-13,24H,4-5,14H2,1-3H3. The number of hydrogen-bond acceptors (Lipinski definition) is 5. The van der Waals surface area contributed by atoms with Gasteiger partial charge in [-0.2, -0.15) is 5.10 Å². The summed E-state index contributed by atoms with van der Waals surface area (Å²) in [5.41, 5.74) is 6.84. The smallest absolute Gasteiger partial charge is 0.270 e. The van der Waals surface area contributed by atoms with Gasteiger partial charge in [0.1, 0.15) is 11.6 Å². The third-order valence-electron chi connectivity index (χ3n) is 5.39. The molecule has 0 bridgehead atoms. The highest BCUT2D eigenvalue weighted by Crippen LogP contribution is 2.50. The number of aryl methyl sites for hydroxylation is 1. The number of nitrogens with zero attached hydrogens (tertiary/aromatic N) is 3. The molecule has 2 aliphatic heterocycles.